The molecule has 0 aliphatic heterocycles. The maximum atomic E-state index is 8.34. The molecule has 1 rings (SSSR count). The molecule has 0 unspecified atom stereocenters. The van der Waals surface area contributed by atoms with Gasteiger partial charge in [-0.05, 0) is 17.7 Å². The fraction of sp³-hybridized carbons (Fsp3) is 0. The average molecular weight is 171 g/mol. The fourth-order valence-corrected chi connectivity index (χ4v) is 0.854. The molecule has 0 aliphatic carbocycles. The van der Waals surface area contributed by atoms with Gasteiger partial charge in [-0.2, -0.15) is 5.48 Å². The molecule has 0 fully saturated rings. The van der Waals surface area contributed by atoms with Crippen LogP contribution < -0.4 is 5.48 Å². The first kappa shape index (κ1) is 8.27. The van der Waals surface area contributed by atoms with E-state index in [0.29, 0.717) is 0 Å². The smallest absolute Gasteiger partial charge is 0.125 e. The van der Waals surface area contributed by atoms with Crippen LogP contribution in [0.3, 0.4) is 0 Å². The molecule has 0 radical (unpaired) electrons. The molecule has 58 valence electrons. The molecule has 3 heteroatoms. The summed E-state index contributed by atoms with van der Waals surface area (Å²) in [4.78, 5) is 0. The third-order valence-electron chi connectivity index (χ3n) is 1.24. The van der Waals surface area contributed by atoms with Crippen LogP contribution in [0.2, 0.25) is 5.02 Å². The Hall–Kier alpha value is -0.830. The highest BCUT2D eigenvalue weighted by molar-refractivity contribution is 6.30. The van der Waals surface area contributed by atoms with E-state index in [-0.39, 0.29) is 0 Å². The first-order chi connectivity index (χ1) is 5.33. The van der Waals surface area contributed by atoms with Gasteiger partial charge < -0.3 is 0 Å². The molecule has 0 saturated carbocycles. The van der Waals surface area contributed by atoms with E-state index in [0.717, 1.165) is 16.1 Å². The Morgan fingerprint density at radius 3 is 2.45 bits per heavy atom. The second-order valence-electron chi connectivity index (χ2n) is 2.06. The summed E-state index contributed by atoms with van der Waals surface area (Å²) in [6, 6.07) is 7.36. The normalized spacial score (nSPS) is 10.7. The van der Waals surface area contributed by atoms with Gasteiger partial charge in [0.15, 0.2) is 0 Å². The summed E-state index contributed by atoms with van der Waals surface area (Å²) < 4.78 is 0. The number of rotatable bonds is 2. The van der Waals surface area contributed by atoms with Crippen molar-refractivity contribution in [1.82, 2.24) is 0 Å². The molecule has 0 amide bonds. The van der Waals surface area contributed by atoms with E-state index in [9.17, 15) is 0 Å². The standard InChI is InChI=1S/C8H8ClNO/c9-8-3-1-7(2-4-8)5-6-10-11/h1-6,10-11H/p+1. The van der Waals surface area contributed by atoms with Crippen LogP contribution in [0.5, 0.6) is 0 Å². The van der Waals surface area contributed by atoms with Crippen molar-refractivity contribution in [2.24, 2.45) is 0 Å². The van der Waals surface area contributed by atoms with Crippen LogP contribution in [0.4, 0.5) is 0 Å². The SMILES string of the molecule is O[NH2+]C=Cc1ccc(Cl)cc1. The molecule has 0 aromatic heterocycles. The molecule has 0 bridgehead atoms. The molecular weight excluding hydrogens is 162 g/mol. The molecule has 0 saturated heterocycles. The monoisotopic (exact) mass is 170 g/mol. The molecule has 1 aromatic rings. The van der Waals surface area contributed by atoms with Gasteiger partial charge in [0.25, 0.3) is 0 Å². The van der Waals surface area contributed by atoms with Gasteiger partial charge in [0.05, 0.1) is 0 Å². The summed E-state index contributed by atoms with van der Waals surface area (Å²) in [6.07, 6.45) is 3.35. The van der Waals surface area contributed by atoms with Crippen LogP contribution in [-0.2, 0) is 0 Å². The Balaban J connectivity index is 2.73. The van der Waals surface area contributed by atoms with Gasteiger partial charge in [0.1, 0.15) is 6.20 Å². The molecule has 2 nitrogen and oxygen atoms in total. The van der Waals surface area contributed by atoms with Gasteiger partial charge in [-0.25, -0.2) is 5.21 Å². The Labute approximate surface area is 70.1 Å². The van der Waals surface area contributed by atoms with Crippen molar-refractivity contribution >= 4 is 17.7 Å². The average Bonchev–Trinajstić information content (AvgIpc) is 2.04. The second kappa shape index (κ2) is 4.13. The first-order valence-corrected chi connectivity index (χ1v) is 3.60. The lowest BCUT2D eigenvalue weighted by atomic mass is 10.2. The van der Waals surface area contributed by atoms with Crippen molar-refractivity contribution in [2.75, 3.05) is 0 Å². The molecular formula is C8H9ClNO+. The van der Waals surface area contributed by atoms with Crippen molar-refractivity contribution in [3.8, 4) is 0 Å². The number of nitrogens with two attached hydrogens (primary N) is 1. The third kappa shape index (κ3) is 2.72. The van der Waals surface area contributed by atoms with Gasteiger partial charge in [-0.15, -0.1) is 0 Å². The molecule has 0 atom stereocenters. The zero-order valence-electron chi connectivity index (χ0n) is 5.87. The minimum absolute atomic E-state index is 0.718. The van der Waals surface area contributed by atoms with Crippen LogP contribution in [0.1, 0.15) is 5.56 Å². The summed E-state index contributed by atoms with van der Waals surface area (Å²) in [6.45, 7) is 0. The van der Waals surface area contributed by atoms with Crippen molar-refractivity contribution in [1.29, 1.82) is 0 Å². The second-order valence-corrected chi connectivity index (χ2v) is 2.50. The minimum Gasteiger partial charge on any atom is -0.216 e. The first-order valence-electron chi connectivity index (χ1n) is 3.22. The molecule has 0 heterocycles. The number of benzene rings is 1. The number of hydroxylamine groups is 1. The van der Waals surface area contributed by atoms with E-state index >= 15 is 0 Å². The number of halogens is 1. The summed E-state index contributed by atoms with van der Waals surface area (Å²) >= 11 is 5.66. The zero-order valence-corrected chi connectivity index (χ0v) is 6.62. The summed E-state index contributed by atoms with van der Waals surface area (Å²) in [5.74, 6) is 0. The van der Waals surface area contributed by atoms with Crippen LogP contribution in [0, 0.1) is 0 Å². The predicted molar refractivity (Wildman–Crippen MR) is 44.2 cm³/mol. The number of hydrogen-bond acceptors (Lipinski definition) is 1. The highest BCUT2D eigenvalue weighted by Gasteiger charge is 1.86. The minimum atomic E-state index is 0.718. The third-order valence-corrected chi connectivity index (χ3v) is 1.50. The Bertz CT molecular complexity index is 243. The fourth-order valence-electron chi connectivity index (χ4n) is 0.728. The van der Waals surface area contributed by atoms with E-state index in [1.54, 1.807) is 24.4 Å². The quantitative estimate of drug-likeness (QED) is 0.645. The highest BCUT2D eigenvalue weighted by Crippen LogP contribution is 2.09. The Morgan fingerprint density at radius 1 is 1.27 bits per heavy atom. The predicted octanol–water partition coefficient (Wildman–Crippen LogP) is 1.26. The van der Waals surface area contributed by atoms with Crippen molar-refractivity contribution in [2.45, 2.75) is 0 Å². The van der Waals surface area contributed by atoms with Crippen molar-refractivity contribution in [3.63, 3.8) is 0 Å². The topological polar surface area (TPSA) is 36.8 Å². The van der Waals surface area contributed by atoms with E-state index in [1.165, 1.54) is 0 Å². The Kier molecular flexibility index (Phi) is 3.11. The van der Waals surface area contributed by atoms with Crippen LogP contribution in [-0.4, -0.2) is 5.21 Å². The maximum absolute atomic E-state index is 8.34. The summed E-state index contributed by atoms with van der Waals surface area (Å²) in [5, 5.41) is 9.06. The zero-order chi connectivity index (χ0) is 8.10. The van der Waals surface area contributed by atoms with Crippen molar-refractivity contribution < 1.29 is 10.7 Å². The Morgan fingerprint density at radius 2 is 1.91 bits per heavy atom. The van der Waals surface area contributed by atoms with Gasteiger partial charge >= 0.3 is 0 Å². The van der Waals surface area contributed by atoms with Crippen LogP contribution >= 0.6 is 11.6 Å². The molecule has 3 N–H and O–H groups in total. The van der Waals surface area contributed by atoms with E-state index in [2.05, 4.69) is 0 Å². The largest absolute Gasteiger partial charge is 0.216 e. The lowest BCUT2D eigenvalue weighted by Gasteiger charge is -1.90. The maximum Gasteiger partial charge on any atom is 0.125 e. The van der Waals surface area contributed by atoms with Crippen LogP contribution in [0.25, 0.3) is 6.08 Å². The lowest BCUT2D eigenvalue weighted by molar-refractivity contribution is -0.837. The van der Waals surface area contributed by atoms with E-state index < -0.39 is 0 Å². The number of quaternary nitrogens is 1. The van der Waals surface area contributed by atoms with Gasteiger partial charge in [0.2, 0.25) is 0 Å². The molecule has 11 heavy (non-hydrogen) atoms. The van der Waals surface area contributed by atoms with Crippen molar-refractivity contribution in [3.05, 3.63) is 41.1 Å². The lowest BCUT2D eigenvalue weighted by Crippen LogP contribution is -2.73. The number of hydrogen-bond donors (Lipinski definition) is 2. The highest BCUT2D eigenvalue weighted by atomic mass is 35.5. The van der Waals surface area contributed by atoms with E-state index in [4.69, 9.17) is 16.8 Å². The molecule has 1 aromatic carbocycles. The summed E-state index contributed by atoms with van der Waals surface area (Å²) in [7, 11) is 0. The summed E-state index contributed by atoms with van der Waals surface area (Å²) in [5.41, 5.74) is 2.01. The molecule has 0 spiro atoms. The van der Waals surface area contributed by atoms with Gasteiger partial charge in [-0.3, -0.25) is 0 Å². The van der Waals surface area contributed by atoms with Crippen LogP contribution in [0.15, 0.2) is 30.5 Å². The molecule has 0 aliphatic rings. The van der Waals surface area contributed by atoms with Gasteiger partial charge in [-0.1, -0.05) is 23.7 Å². The van der Waals surface area contributed by atoms with E-state index in [1.807, 2.05) is 12.1 Å². The van der Waals surface area contributed by atoms with Gasteiger partial charge in [0, 0.05) is 11.1 Å².